The molecule has 1 aromatic carbocycles. The van der Waals surface area contributed by atoms with Crippen LogP contribution in [0.2, 0.25) is 0 Å². The summed E-state index contributed by atoms with van der Waals surface area (Å²) in [5.74, 6) is -0.238. The van der Waals surface area contributed by atoms with Gasteiger partial charge in [-0.1, -0.05) is 18.2 Å². The maximum absolute atomic E-state index is 14.0. The Labute approximate surface area is 113 Å². The largest absolute Gasteiger partial charge is 0.311 e. The molecule has 2 aliphatic rings. The van der Waals surface area contributed by atoms with Gasteiger partial charge in [0.2, 0.25) is 0 Å². The first-order valence-electron chi connectivity index (χ1n) is 7.16. The molecule has 0 aromatic heterocycles. The minimum absolute atomic E-state index is 0.238. The SMILES string of the molecule is N#C[C@]1(c2ccccc2F)CC[C@@H](NC2CC2)CC1. The van der Waals surface area contributed by atoms with Crippen molar-refractivity contribution < 1.29 is 4.39 Å². The summed E-state index contributed by atoms with van der Waals surface area (Å²) in [5.41, 5.74) is -0.0325. The third-order valence-corrected chi connectivity index (χ3v) is 4.49. The van der Waals surface area contributed by atoms with Crippen LogP contribution in [0.3, 0.4) is 0 Å². The van der Waals surface area contributed by atoms with E-state index in [-0.39, 0.29) is 5.82 Å². The summed E-state index contributed by atoms with van der Waals surface area (Å²) in [6, 6.07) is 10.4. The summed E-state index contributed by atoms with van der Waals surface area (Å²) >= 11 is 0. The Morgan fingerprint density at radius 2 is 1.74 bits per heavy atom. The highest BCUT2D eigenvalue weighted by Gasteiger charge is 2.39. The lowest BCUT2D eigenvalue weighted by Gasteiger charge is -2.36. The van der Waals surface area contributed by atoms with Crippen LogP contribution in [0.1, 0.15) is 44.1 Å². The highest BCUT2D eigenvalue weighted by Crippen LogP contribution is 2.40. The lowest BCUT2D eigenvalue weighted by Crippen LogP contribution is -2.40. The molecule has 3 rings (SSSR count). The van der Waals surface area contributed by atoms with Crippen LogP contribution >= 0.6 is 0 Å². The molecule has 0 unspecified atom stereocenters. The third kappa shape index (κ3) is 2.50. The van der Waals surface area contributed by atoms with Crippen LogP contribution in [0.4, 0.5) is 4.39 Å². The highest BCUT2D eigenvalue weighted by atomic mass is 19.1. The van der Waals surface area contributed by atoms with Crippen molar-refractivity contribution >= 4 is 0 Å². The quantitative estimate of drug-likeness (QED) is 0.903. The van der Waals surface area contributed by atoms with E-state index in [0.717, 1.165) is 25.7 Å². The summed E-state index contributed by atoms with van der Waals surface area (Å²) in [5, 5.41) is 13.2. The summed E-state index contributed by atoms with van der Waals surface area (Å²) in [6.07, 6.45) is 6.03. The maximum Gasteiger partial charge on any atom is 0.128 e. The summed E-state index contributed by atoms with van der Waals surface area (Å²) in [6.45, 7) is 0. The van der Waals surface area contributed by atoms with Crippen molar-refractivity contribution in [1.29, 1.82) is 5.26 Å². The molecule has 19 heavy (non-hydrogen) atoms. The molecule has 3 heteroatoms. The van der Waals surface area contributed by atoms with E-state index in [1.54, 1.807) is 12.1 Å². The first-order valence-corrected chi connectivity index (χ1v) is 7.16. The van der Waals surface area contributed by atoms with Gasteiger partial charge in [-0.05, 0) is 44.6 Å². The lowest BCUT2D eigenvalue weighted by atomic mass is 9.69. The molecule has 0 atom stereocenters. The van der Waals surface area contributed by atoms with Crippen molar-refractivity contribution in [2.75, 3.05) is 0 Å². The van der Waals surface area contributed by atoms with Gasteiger partial charge in [-0.2, -0.15) is 5.26 Å². The first-order chi connectivity index (χ1) is 9.23. The van der Waals surface area contributed by atoms with Gasteiger partial charge in [0.25, 0.3) is 0 Å². The fourth-order valence-corrected chi connectivity index (χ4v) is 3.15. The van der Waals surface area contributed by atoms with Gasteiger partial charge in [0.1, 0.15) is 5.82 Å². The Morgan fingerprint density at radius 3 is 2.32 bits per heavy atom. The van der Waals surface area contributed by atoms with Crippen LogP contribution in [0.15, 0.2) is 24.3 Å². The Hall–Kier alpha value is -1.40. The van der Waals surface area contributed by atoms with E-state index < -0.39 is 5.41 Å². The smallest absolute Gasteiger partial charge is 0.128 e. The molecule has 0 saturated heterocycles. The second-order valence-corrected chi connectivity index (χ2v) is 5.89. The number of hydrogen-bond donors (Lipinski definition) is 1. The number of benzene rings is 1. The van der Waals surface area contributed by atoms with E-state index in [9.17, 15) is 9.65 Å². The topological polar surface area (TPSA) is 35.8 Å². The number of nitriles is 1. The second kappa shape index (κ2) is 4.94. The minimum Gasteiger partial charge on any atom is -0.311 e. The molecule has 0 bridgehead atoms. The average molecular weight is 258 g/mol. The van der Waals surface area contributed by atoms with Crippen LogP contribution in [0.5, 0.6) is 0 Å². The number of nitrogens with one attached hydrogen (secondary N) is 1. The van der Waals surface area contributed by atoms with E-state index >= 15 is 0 Å². The van der Waals surface area contributed by atoms with E-state index in [4.69, 9.17) is 0 Å². The molecule has 1 N–H and O–H groups in total. The van der Waals surface area contributed by atoms with Crippen LogP contribution in [0.25, 0.3) is 0 Å². The molecular formula is C16H19FN2. The van der Waals surface area contributed by atoms with Gasteiger partial charge in [-0.3, -0.25) is 0 Å². The van der Waals surface area contributed by atoms with E-state index in [1.807, 2.05) is 6.07 Å². The second-order valence-electron chi connectivity index (χ2n) is 5.89. The fraction of sp³-hybridized carbons (Fsp3) is 0.562. The monoisotopic (exact) mass is 258 g/mol. The zero-order chi connectivity index (χ0) is 13.3. The number of rotatable bonds is 3. The van der Waals surface area contributed by atoms with Crippen molar-refractivity contribution in [3.8, 4) is 6.07 Å². The molecule has 100 valence electrons. The molecule has 0 aliphatic heterocycles. The van der Waals surface area contributed by atoms with Gasteiger partial charge in [-0.25, -0.2) is 4.39 Å². The number of nitrogens with zero attached hydrogens (tertiary/aromatic N) is 1. The summed E-state index contributed by atoms with van der Waals surface area (Å²) < 4.78 is 14.0. The molecule has 2 saturated carbocycles. The minimum atomic E-state index is -0.618. The summed E-state index contributed by atoms with van der Waals surface area (Å²) in [7, 11) is 0. The van der Waals surface area contributed by atoms with Gasteiger partial charge in [0, 0.05) is 17.6 Å². The van der Waals surface area contributed by atoms with Crippen LogP contribution in [-0.4, -0.2) is 12.1 Å². The fourth-order valence-electron chi connectivity index (χ4n) is 3.15. The maximum atomic E-state index is 14.0. The van der Waals surface area contributed by atoms with Crippen molar-refractivity contribution in [1.82, 2.24) is 5.32 Å². The van der Waals surface area contributed by atoms with Crippen molar-refractivity contribution in [3.05, 3.63) is 35.6 Å². The van der Waals surface area contributed by atoms with Gasteiger partial charge < -0.3 is 5.32 Å². The molecular weight excluding hydrogens is 239 g/mol. The van der Waals surface area contributed by atoms with Gasteiger partial charge >= 0.3 is 0 Å². The first kappa shape index (κ1) is 12.6. The van der Waals surface area contributed by atoms with Crippen molar-refractivity contribution in [2.45, 2.75) is 56.0 Å². The van der Waals surface area contributed by atoms with Crippen LogP contribution in [0, 0.1) is 17.1 Å². The number of hydrogen-bond acceptors (Lipinski definition) is 2. The molecule has 0 heterocycles. The Kier molecular flexibility index (Phi) is 3.28. The molecule has 2 fully saturated rings. The molecule has 2 nitrogen and oxygen atoms in total. The lowest BCUT2D eigenvalue weighted by molar-refractivity contribution is 0.288. The molecule has 0 amide bonds. The van der Waals surface area contributed by atoms with Crippen molar-refractivity contribution in [2.24, 2.45) is 0 Å². The third-order valence-electron chi connectivity index (χ3n) is 4.49. The van der Waals surface area contributed by atoms with Gasteiger partial charge in [-0.15, -0.1) is 0 Å². The molecule has 1 aromatic rings. The summed E-state index contributed by atoms with van der Waals surface area (Å²) in [4.78, 5) is 0. The standard InChI is InChI=1S/C16H19FN2/c17-15-4-2-1-3-14(15)16(11-18)9-7-13(8-10-16)19-12-5-6-12/h1-4,12-13,19H,5-10H2/t13-,16+. The average Bonchev–Trinajstić information content (AvgIpc) is 3.25. The molecule has 0 spiro atoms. The molecule has 0 radical (unpaired) electrons. The Balaban J connectivity index is 1.75. The van der Waals surface area contributed by atoms with Crippen molar-refractivity contribution in [3.63, 3.8) is 0 Å². The Bertz CT molecular complexity index is 494. The van der Waals surface area contributed by atoms with E-state index in [1.165, 1.54) is 18.9 Å². The predicted molar refractivity (Wildman–Crippen MR) is 72.1 cm³/mol. The normalized spacial score (nSPS) is 30.8. The predicted octanol–water partition coefficient (Wildman–Crippen LogP) is 3.28. The zero-order valence-electron chi connectivity index (χ0n) is 11.0. The van der Waals surface area contributed by atoms with E-state index in [0.29, 0.717) is 17.6 Å². The van der Waals surface area contributed by atoms with E-state index in [2.05, 4.69) is 11.4 Å². The molecule has 2 aliphatic carbocycles. The zero-order valence-corrected chi connectivity index (χ0v) is 11.0. The van der Waals surface area contributed by atoms with Gasteiger partial charge in [0.15, 0.2) is 0 Å². The van der Waals surface area contributed by atoms with Crippen LogP contribution < -0.4 is 5.32 Å². The Morgan fingerprint density at radius 1 is 1.11 bits per heavy atom. The highest BCUT2D eigenvalue weighted by molar-refractivity contribution is 5.34. The van der Waals surface area contributed by atoms with Crippen LogP contribution in [-0.2, 0) is 5.41 Å². The number of halogens is 1. The van der Waals surface area contributed by atoms with Gasteiger partial charge in [0.05, 0.1) is 11.5 Å².